The first kappa shape index (κ1) is 25.2. The summed E-state index contributed by atoms with van der Waals surface area (Å²) in [5.41, 5.74) is 6.59. The Labute approximate surface area is 213 Å². The van der Waals surface area contributed by atoms with Crippen molar-refractivity contribution in [3.63, 3.8) is 0 Å². The molecule has 1 fully saturated rings. The van der Waals surface area contributed by atoms with Gasteiger partial charge in [0, 0.05) is 17.8 Å². The average molecular weight is 511 g/mol. The minimum Gasteiger partial charge on any atom is -0.490 e. The van der Waals surface area contributed by atoms with Crippen molar-refractivity contribution in [2.75, 3.05) is 11.9 Å². The van der Waals surface area contributed by atoms with Crippen LogP contribution in [0.1, 0.15) is 73.0 Å². The fraction of sp³-hybridized carbons (Fsp3) is 0.393. The number of hydrogen-bond donors (Lipinski definition) is 2. The van der Waals surface area contributed by atoms with Crippen molar-refractivity contribution in [3.8, 4) is 17.0 Å². The van der Waals surface area contributed by atoms with Crippen molar-refractivity contribution in [1.82, 2.24) is 9.97 Å². The number of pyridine rings is 2. The van der Waals surface area contributed by atoms with E-state index in [4.69, 9.17) is 10.5 Å². The van der Waals surface area contributed by atoms with Crippen LogP contribution in [0.5, 0.6) is 5.75 Å². The number of ether oxygens (including phenoxy) is 1. The summed E-state index contributed by atoms with van der Waals surface area (Å²) >= 11 is 0. The molecule has 4 atom stereocenters. The normalized spacial score (nSPS) is 23.2. The Morgan fingerprint density at radius 3 is 2.68 bits per heavy atom. The molecule has 0 bridgehead atoms. The van der Waals surface area contributed by atoms with Crippen LogP contribution in [-0.4, -0.2) is 28.5 Å². The predicted octanol–water partition coefficient (Wildman–Crippen LogP) is 5.93. The van der Waals surface area contributed by atoms with E-state index in [1.54, 1.807) is 12.4 Å². The highest BCUT2D eigenvalue weighted by Gasteiger charge is 2.30. The van der Waals surface area contributed by atoms with Gasteiger partial charge in [0.25, 0.3) is 5.91 Å². The lowest BCUT2D eigenvalue weighted by atomic mass is 9.76. The van der Waals surface area contributed by atoms with Gasteiger partial charge in [-0.05, 0) is 73.3 Å². The highest BCUT2D eigenvalue weighted by molar-refractivity contribution is 6.03. The van der Waals surface area contributed by atoms with E-state index in [0.29, 0.717) is 23.6 Å². The molecule has 2 aliphatic rings. The molecule has 5 rings (SSSR count). The van der Waals surface area contributed by atoms with Crippen molar-refractivity contribution in [2.24, 2.45) is 11.7 Å². The molecule has 0 saturated heterocycles. The number of carbonyl (C=O) groups is 1. The molecule has 9 heteroatoms. The van der Waals surface area contributed by atoms with Crippen molar-refractivity contribution < 1.29 is 22.7 Å². The van der Waals surface area contributed by atoms with E-state index in [1.807, 2.05) is 13.0 Å². The third-order valence-corrected chi connectivity index (χ3v) is 7.37. The number of rotatable bonds is 4. The number of nitrogens with one attached hydrogen (secondary N) is 1. The molecule has 6 nitrogen and oxygen atoms in total. The molecule has 3 heterocycles. The SMILES string of the molecule is C[C@@H]1C[C@H](N)C[C@H](c2ccncc2NC(=O)c2ccc(F)c(-c3c(F)cc4c(c3F)OCC[C@@H]4C)n2)C1. The Kier molecular flexibility index (Phi) is 6.90. The first-order valence-corrected chi connectivity index (χ1v) is 12.5. The van der Waals surface area contributed by atoms with Crippen LogP contribution < -0.4 is 15.8 Å². The average Bonchev–Trinajstić information content (AvgIpc) is 2.85. The molecule has 3 N–H and O–H groups in total. The monoisotopic (exact) mass is 510 g/mol. The molecule has 0 spiro atoms. The van der Waals surface area contributed by atoms with Gasteiger partial charge < -0.3 is 15.8 Å². The Hall–Kier alpha value is -3.46. The van der Waals surface area contributed by atoms with Gasteiger partial charge in [-0.1, -0.05) is 13.8 Å². The number of anilines is 1. The summed E-state index contributed by atoms with van der Waals surface area (Å²) in [5, 5.41) is 2.80. The maximum atomic E-state index is 15.4. The van der Waals surface area contributed by atoms with Crippen LogP contribution in [0.3, 0.4) is 0 Å². The van der Waals surface area contributed by atoms with Crippen LogP contribution >= 0.6 is 0 Å². The van der Waals surface area contributed by atoms with Crippen molar-refractivity contribution in [1.29, 1.82) is 0 Å². The van der Waals surface area contributed by atoms with Crippen LogP contribution in [0.2, 0.25) is 0 Å². The summed E-state index contributed by atoms with van der Waals surface area (Å²) < 4.78 is 50.7. The van der Waals surface area contributed by atoms with Gasteiger partial charge in [-0.25, -0.2) is 18.2 Å². The second-order valence-corrected chi connectivity index (χ2v) is 10.2. The molecule has 1 aliphatic carbocycles. The first-order chi connectivity index (χ1) is 17.7. The summed E-state index contributed by atoms with van der Waals surface area (Å²) in [4.78, 5) is 21.3. The number of amides is 1. The maximum Gasteiger partial charge on any atom is 0.274 e. The van der Waals surface area contributed by atoms with Gasteiger partial charge >= 0.3 is 0 Å². The quantitative estimate of drug-likeness (QED) is 0.454. The van der Waals surface area contributed by atoms with Gasteiger partial charge in [-0.3, -0.25) is 9.78 Å². The summed E-state index contributed by atoms with van der Waals surface area (Å²) in [6.07, 6.45) is 6.49. The number of nitrogens with two attached hydrogens (primary N) is 1. The molecule has 37 heavy (non-hydrogen) atoms. The fourth-order valence-corrected chi connectivity index (χ4v) is 5.55. The number of halogens is 3. The van der Waals surface area contributed by atoms with Crippen molar-refractivity contribution in [2.45, 2.75) is 57.4 Å². The lowest BCUT2D eigenvalue weighted by Crippen LogP contribution is -2.31. The smallest absolute Gasteiger partial charge is 0.274 e. The molecule has 194 valence electrons. The van der Waals surface area contributed by atoms with Crippen molar-refractivity contribution in [3.05, 3.63) is 70.9 Å². The standard InChI is InChI=1S/C28H29F3N4O2/c1-14-9-16(11-17(32)10-14)18-5-7-33-13-23(18)35-28(36)22-4-3-20(29)26(34-22)24-21(30)12-19-15(2)6-8-37-27(19)25(24)31/h3-5,7,12-17H,6,8-11,32H2,1-2H3,(H,35,36)/t14-,15-,16+,17-/m0/s1. The second kappa shape index (κ2) is 10.1. The fourth-order valence-electron chi connectivity index (χ4n) is 5.55. The van der Waals surface area contributed by atoms with E-state index in [2.05, 4.69) is 22.2 Å². The van der Waals surface area contributed by atoms with Gasteiger partial charge in [0.2, 0.25) is 0 Å². The minimum absolute atomic E-state index is 0.0696. The number of hydrogen-bond acceptors (Lipinski definition) is 5. The van der Waals surface area contributed by atoms with E-state index in [9.17, 15) is 9.18 Å². The zero-order valence-corrected chi connectivity index (χ0v) is 20.7. The summed E-state index contributed by atoms with van der Waals surface area (Å²) in [6.45, 7) is 4.27. The first-order valence-electron chi connectivity index (χ1n) is 12.5. The molecule has 3 aromatic rings. The summed E-state index contributed by atoms with van der Waals surface area (Å²) in [7, 11) is 0. The molecule has 1 amide bonds. The predicted molar refractivity (Wildman–Crippen MR) is 134 cm³/mol. The third kappa shape index (κ3) is 4.92. The van der Waals surface area contributed by atoms with Gasteiger partial charge in [-0.15, -0.1) is 0 Å². The second-order valence-electron chi connectivity index (χ2n) is 10.2. The molecule has 1 saturated carbocycles. The van der Waals surface area contributed by atoms with Gasteiger partial charge in [0.1, 0.15) is 23.0 Å². The number of carbonyl (C=O) groups excluding carboxylic acids is 1. The third-order valence-electron chi connectivity index (χ3n) is 7.37. The lowest BCUT2D eigenvalue weighted by molar-refractivity contribution is 0.102. The molecule has 2 aromatic heterocycles. The van der Waals surface area contributed by atoms with E-state index < -0.39 is 34.6 Å². The van der Waals surface area contributed by atoms with E-state index in [1.165, 1.54) is 6.07 Å². The maximum absolute atomic E-state index is 15.4. The highest BCUT2D eigenvalue weighted by Crippen LogP contribution is 2.42. The molecular formula is C28H29F3N4O2. The van der Waals surface area contributed by atoms with Gasteiger partial charge in [-0.2, -0.15) is 0 Å². The van der Waals surface area contributed by atoms with E-state index in [0.717, 1.165) is 37.0 Å². The zero-order chi connectivity index (χ0) is 26.3. The largest absolute Gasteiger partial charge is 0.490 e. The van der Waals surface area contributed by atoms with Crippen molar-refractivity contribution >= 4 is 11.6 Å². The van der Waals surface area contributed by atoms with Crippen LogP contribution in [0.25, 0.3) is 11.3 Å². The number of fused-ring (bicyclic) bond motifs is 1. The molecule has 1 aliphatic heterocycles. The van der Waals surface area contributed by atoms with Crippen LogP contribution in [-0.2, 0) is 0 Å². The van der Waals surface area contributed by atoms with E-state index >= 15 is 8.78 Å². The minimum atomic E-state index is -1.03. The lowest BCUT2D eigenvalue weighted by Gasteiger charge is -2.32. The Morgan fingerprint density at radius 2 is 1.89 bits per heavy atom. The van der Waals surface area contributed by atoms with Crippen LogP contribution in [0.15, 0.2) is 36.7 Å². The molecule has 0 unspecified atom stereocenters. The van der Waals surface area contributed by atoms with E-state index in [-0.39, 0.29) is 35.9 Å². The molecular weight excluding hydrogens is 481 g/mol. The molecule has 0 radical (unpaired) electrons. The molecule has 1 aromatic carbocycles. The van der Waals surface area contributed by atoms with Crippen LogP contribution in [0, 0.1) is 23.4 Å². The highest BCUT2D eigenvalue weighted by atomic mass is 19.1. The topological polar surface area (TPSA) is 90.1 Å². The Balaban J connectivity index is 1.47. The van der Waals surface area contributed by atoms with Gasteiger partial charge in [0.05, 0.1) is 24.1 Å². The number of benzene rings is 1. The summed E-state index contributed by atoms with van der Waals surface area (Å²) in [5.74, 6) is -3.20. The van der Waals surface area contributed by atoms with Gasteiger partial charge in [0.15, 0.2) is 11.6 Å². The number of nitrogens with zero attached hydrogens (tertiary/aromatic N) is 2. The zero-order valence-electron chi connectivity index (χ0n) is 20.7. The van der Waals surface area contributed by atoms with Crippen LogP contribution in [0.4, 0.5) is 18.9 Å². The summed E-state index contributed by atoms with van der Waals surface area (Å²) in [6, 6.07) is 5.23. The Morgan fingerprint density at radius 1 is 1.08 bits per heavy atom. The Bertz CT molecular complexity index is 1340. The number of aromatic nitrogens is 2.